The zero-order valence-electron chi connectivity index (χ0n) is 12.1. The number of nitrogens with zero attached hydrogens (tertiary/aromatic N) is 2. The molecule has 3 heterocycles. The molecule has 0 atom stereocenters. The second kappa shape index (κ2) is 5.24. The van der Waals surface area contributed by atoms with Crippen molar-refractivity contribution in [3.8, 4) is 11.5 Å². The van der Waals surface area contributed by atoms with E-state index in [-0.39, 0.29) is 25.0 Å². The summed E-state index contributed by atoms with van der Waals surface area (Å²) in [7, 11) is 0. The monoisotopic (exact) mass is 308 g/mol. The van der Waals surface area contributed by atoms with E-state index in [0.717, 1.165) is 5.56 Å². The van der Waals surface area contributed by atoms with Gasteiger partial charge in [0.05, 0.1) is 12.1 Å². The first kappa shape index (κ1) is 13.5. The minimum atomic E-state index is -0.314. The average Bonchev–Trinajstić information content (AvgIpc) is 3.13. The first-order chi connectivity index (χ1) is 11.2. The van der Waals surface area contributed by atoms with Crippen LogP contribution in [0.1, 0.15) is 12.0 Å². The molecule has 0 bridgehead atoms. The molecular formula is C17H12N2O4. The van der Waals surface area contributed by atoms with Crippen LogP contribution in [0.4, 0.5) is 5.69 Å². The lowest BCUT2D eigenvalue weighted by Gasteiger charge is -2.13. The number of fused-ring (bicyclic) bond motifs is 1. The van der Waals surface area contributed by atoms with Crippen LogP contribution in [0.5, 0.6) is 11.5 Å². The van der Waals surface area contributed by atoms with Gasteiger partial charge in [-0.1, -0.05) is 0 Å². The van der Waals surface area contributed by atoms with Gasteiger partial charge in [0.1, 0.15) is 0 Å². The summed E-state index contributed by atoms with van der Waals surface area (Å²) in [6.07, 6.45) is 5.08. The third-order valence-electron chi connectivity index (χ3n) is 3.73. The van der Waals surface area contributed by atoms with Crippen LogP contribution in [0.3, 0.4) is 0 Å². The standard InChI is InChI=1S/C17H12N2O4/c20-16-8-12(7-11-3-5-18-6-4-11)17(21)19(16)13-1-2-14-15(9-13)23-10-22-14/h1-7,9H,8,10H2/b12-7+. The van der Waals surface area contributed by atoms with E-state index in [2.05, 4.69) is 4.98 Å². The Hall–Kier alpha value is -3.15. The number of anilines is 1. The summed E-state index contributed by atoms with van der Waals surface area (Å²) in [4.78, 5) is 29.9. The van der Waals surface area contributed by atoms with Crippen LogP contribution >= 0.6 is 0 Å². The van der Waals surface area contributed by atoms with Gasteiger partial charge in [0.15, 0.2) is 11.5 Å². The molecule has 0 aliphatic carbocycles. The fraction of sp³-hybridized carbons (Fsp3) is 0.118. The molecule has 6 heteroatoms. The van der Waals surface area contributed by atoms with Crippen molar-refractivity contribution in [1.29, 1.82) is 0 Å². The van der Waals surface area contributed by atoms with Gasteiger partial charge >= 0.3 is 0 Å². The first-order valence-corrected chi connectivity index (χ1v) is 7.10. The molecule has 23 heavy (non-hydrogen) atoms. The summed E-state index contributed by atoms with van der Waals surface area (Å²) in [5.74, 6) is 0.579. The van der Waals surface area contributed by atoms with Crippen LogP contribution < -0.4 is 14.4 Å². The number of benzene rings is 1. The summed E-state index contributed by atoms with van der Waals surface area (Å²) >= 11 is 0. The molecule has 2 aliphatic heterocycles. The molecule has 0 N–H and O–H groups in total. The minimum Gasteiger partial charge on any atom is -0.454 e. The molecule has 4 rings (SSSR count). The van der Waals surface area contributed by atoms with E-state index < -0.39 is 0 Å². The fourth-order valence-corrected chi connectivity index (χ4v) is 2.63. The van der Waals surface area contributed by atoms with E-state index in [1.807, 2.05) is 0 Å². The van der Waals surface area contributed by atoms with Crippen LogP contribution in [-0.2, 0) is 9.59 Å². The number of ether oxygens (including phenoxy) is 2. The largest absolute Gasteiger partial charge is 0.454 e. The lowest BCUT2D eigenvalue weighted by molar-refractivity contribution is -0.120. The lowest BCUT2D eigenvalue weighted by Crippen LogP contribution is -2.28. The van der Waals surface area contributed by atoms with Crippen LogP contribution in [0, 0.1) is 0 Å². The van der Waals surface area contributed by atoms with Gasteiger partial charge < -0.3 is 9.47 Å². The number of hydrogen-bond acceptors (Lipinski definition) is 5. The van der Waals surface area contributed by atoms with Crippen molar-refractivity contribution in [2.24, 2.45) is 0 Å². The minimum absolute atomic E-state index is 0.0790. The first-order valence-electron chi connectivity index (χ1n) is 7.10. The molecule has 0 saturated carbocycles. The molecule has 0 radical (unpaired) electrons. The molecule has 0 spiro atoms. The van der Waals surface area contributed by atoms with Gasteiger partial charge in [0, 0.05) is 24.0 Å². The van der Waals surface area contributed by atoms with E-state index in [9.17, 15) is 9.59 Å². The Morgan fingerprint density at radius 2 is 1.83 bits per heavy atom. The van der Waals surface area contributed by atoms with Gasteiger partial charge in [-0.2, -0.15) is 0 Å². The highest BCUT2D eigenvalue weighted by Gasteiger charge is 2.35. The summed E-state index contributed by atoms with van der Waals surface area (Å²) in [5.41, 5.74) is 1.78. The Bertz CT molecular complexity index is 830. The van der Waals surface area contributed by atoms with Crippen molar-refractivity contribution in [2.75, 3.05) is 11.7 Å². The van der Waals surface area contributed by atoms with Gasteiger partial charge in [0.25, 0.3) is 5.91 Å². The summed E-state index contributed by atoms with van der Waals surface area (Å²) in [6.45, 7) is 0.147. The molecule has 2 aliphatic rings. The summed E-state index contributed by atoms with van der Waals surface area (Å²) in [5, 5.41) is 0. The predicted octanol–water partition coefficient (Wildman–Crippen LogP) is 2.16. The highest BCUT2D eigenvalue weighted by Crippen LogP contribution is 2.37. The Balaban J connectivity index is 1.67. The molecule has 6 nitrogen and oxygen atoms in total. The number of rotatable bonds is 2. The van der Waals surface area contributed by atoms with Crippen molar-refractivity contribution >= 4 is 23.6 Å². The van der Waals surface area contributed by atoms with Crippen molar-refractivity contribution in [3.05, 3.63) is 53.9 Å². The quantitative estimate of drug-likeness (QED) is 0.628. The van der Waals surface area contributed by atoms with E-state index >= 15 is 0 Å². The van der Waals surface area contributed by atoms with Crippen molar-refractivity contribution in [2.45, 2.75) is 6.42 Å². The normalized spacial score (nSPS) is 18.1. The molecular weight excluding hydrogens is 296 g/mol. The maximum absolute atomic E-state index is 12.6. The number of carbonyl (C=O) groups is 2. The number of pyridine rings is 1. The van der Waals surface area contributed by atoms with E-state index in [4.69, 9.17) is 9.47 Å². The van der Waals surface area contributed by atoms with Gasteiger partial charge in [-0.25, -0.2) is 4.90 Å². The highest BCUT2D eigenvalue weighted by atomic mass is 16.7. The molecule has 1 fully saturated rings. The second-order valence-electron chi connectivity index (χ2n) is 5.20. The van der Waals surface area contributed by atoms with Crippen molar-refractivity contribution < 1.29 is 19.1 Å². The number of carbonyl (C=O) groups excluding carboxylic acids is 2. The zero-order valence-corrected chi connectivity index (χ0v) is 12.1. The Morgan fingerprint density at radius 1 is 1.04 bits per heavy atom. The Morgan fingerprint density at radius 3 is 2.65 bits per heavy atom. The molecule has 0 unspecified atom stereocenters. The van der Waals surface area contributed by atoms with Gasteiger partial charge in [0.2, 0.25) is 12.7 Å². The third-order valence-corrected chi connectivity index (χ3v) is 3.73. The molecule has 1 saturated heterocycles. The van der Waals surface area contributed by atoms with E-state index in [1.165, 1.54) is 4.90 Å². The van der Waals surface area contributed by atoms with Crippen LogP contribution in [0.25, 0.3) is 6.08 Å². The molecule has 114 valence electrons. The Kier molecular flexibility index (Phi) is 3.08. The smallest absolute Gasteiger partial charge is 0.261 e. The molecule has 2 amide bonds. The predicted molar refractivity (Wildman–Crippen MR) is 81.9 cm³/mol. The van der Waals surface area contributed by atoms with E-state index in [1.54, 1.807) is 48.8 Å². The Labute approximate surface area is 132 Å². The summed E-state index contributed by atoms with van der Waals surface area (Å²) < 4.78 is 10.5. The van der Waals surface area contributed by atoms with Crippen LogP contribution in [-0.4, -0.2) is 23.6 Å². The van der Waals surface area contributed by atoms with Gasteiger partial charge in [-0.05, 0) is 35.9 Å². The lowest BCUT2D eigenvalue weighted by atomic mass is 10.1. The van der Waals surface area contributed by atoms with Crippen LogP contribution in [0.2, 0.25) is 0 Å². The third kappa shape index (κ3) is 2.34. The maximum Gasteiger partial charge on any atom is 0.261 e. The number of imide groups is 1. The SMILES string of the molecule is O=C1C/C(=C\c2ccncc2)C(=O)N1c1ccc2c(c1)OCO2. The van der Waals surface area contributed by atoms with Crippen LogP contribution in [0.15, 0.2) is 48.3 Å². The molecule has 1 aromatic heterocycles. The summed E-state index contributed by atoms with van der Waals surface area (Å²) in [6, 6.07) is 8.59. The number of amides is 2. The molecule has 2 aromatic rings. The van der Waals surface area contributed by atoms with Crippen molar-refractivity contribution in [1.82, 2.24) is 4.98 Å². The zero-order chi connectivity index (χ0) is 15.8. The average molecular weight is 308 g/mol. The van der Waals surface area contributed by atoms with Gasteiger partial charge in [-0.15, -0.1) is 0 Å². The topological polar surface area (TPSA) is 68.7 Å². The fourth-order valence-electron chi connectivity index (χ4n) is 2.63. The number of aromatic nitrogens is 1. The maximum atomic E-state index is 12.6. The molecule has 1 aromatic carbocycles. The number of hydrogen-bond donors (Lipinski definition) is 0. The second-order valence-corrected chi connectivity index (χ2v) is 5.20. The van der Waals surface area contributed by atoms with E-state index in [0.29, 0.717) is 22.8 Å². The van der Waals surface area contributed by atoms with Crippen molar-refractivity contribution in [3.63, 3.8) is 0 Å². The van der Waals surface area contributed by atoms with Gasteiger partial charge in [-0.3, -0.25) is 14.6 Å². The highest BCUT2D eigenvalue weighted by molar-refractivity contribution is 6.29.